The summed E-state index contributed by atoms with van der Waals surface area (Å²) < 4.78 is 56.2. The molecule has 0 bridgehead atoms. The van der Waals surface area contributed by atoms with E-state index in [0.717, 1.165) is 12.1 Å². The van der Waals surface area contributed by atoms with Gasteiger partial charge in [0.15, 0.2) is 0 Å². The molecule has 0 aromatic heterocycles. The van der Waals surface area contributed by atoms with Crippen LogP contribution < -0.4 is 5.32 Å². The first-order valence-corrected chi connectivity index (χ1v) is 5.75. The van der Waals surface area contributed by atoms with Crippen molar-refractivity contribution in [1.29, 1.82) is 0 Å². The van der Waals surface area contributed by atoms with Crippen LogP contribution in [-0.2, 0) is 17.5 Å². The second-order valence-electron chi connectivity index (χ2n) is 4.97. The maximum Gasteiger partial charge on any atom is 0.416 e. The Balaban J connectivity index is 2.90. The van der Waals surface area contributed by atoms with Gasteiger partial charge >= 0.3 is 6.18 Å². The van der Waals surface area contributed by atoms with Crippen LogP contribution in [0.3, 0.4) is 0 Å². The second-order valence-corrected chi connectivity index (χ2v) is 4.97. The van der Waals surface area contributed by atoms with Crippen LogP contribution in [0.25, 0.3) is 0 Å². The Kier molecular flexibility index (Phi) is 4.92. The normalized spacial score (nSPS) is 12.8. The number of hydrogen-bond acceptors (Lipinski definition) is 2. The van der Waals surface area contributed by atoms with Gasteiger partial charge in [-0.25, -0.2) is 4.39 Å². The molecular formula is C13H17F4NO. The van der Waals surface area contributed by atoms with Gasteiger partial charge in [0.25, 0.3) is 0 Å². The fraction of sp³-hybridized carbons (Fsp3) is 0.538. The minimum Gasteiger partial charge on any atom is -0.383 e. The van der Waals surface area contributed by atoms with Crippen LogP contribution >= 0.6 is 0 Å². The number of hydrogen-bond donors (Lipinski definition) is 1. The molecule has 1 N–H and O–H groups in total. The second kappa shape index (κ2) is 5.88. The van der Waals surface area contributed by atoms with Gasteiger partial charge in [-0.3, -0.25) is 0 Å². The summed E-state index contributed by atoms with van der Waals surface area (Å²) in [6.07, 6.45) is -4.56. The van der Waals surface area contributed by atoms with Crippen molar-refractivity contribution in [3.05, 3.63) is 35.1 Å². The number of alkyl halides is 3. The zero-order valence-corrected chi connectivity index (χ0v) is 11.1. The fourth-order valence-corrected chi connectivity index (χ4v) is 1.71. The maximum absolute atomic E-state index is 12.9. The molecule has 0 aliphatic carbocycles. The zero-order valence-electron chi connectivity index (χ0n) is 11.1. The SMILES string of the molecule is COCC(C)(C)NCc1ccc(F)cc1C(F)(F)F. The molecule has 0 aliphatic heterocycles. The average Bonchev–Trinajstić information content (AvgIpc) is 2.26. The Bertz CT molecular complexity index is 429. The van der Waals surface area contributed by atoms with Crippen molar-refractivity contribution in [3.8, 4) is 0 Å². The van der Waals surface area contributed by atoms with Crippen molar-refractivity contribution in [2.24, 2.45) is 0 Å². The topological polar surface area (TPSA) is 21.3 Å². The maximum atomic E-state index is 12.9. The van der Waals surface area contributed by atoms with E-state index in [1.165, 1.54) is 7.11 Å². The summed E-state index contributed by atoms with van der Waals surface area (Å²) in [7, 11) is 1.52. The smallest absolute Gasteiger partial charge is 0.383 e. The van der Waals surface area contributed by atoms with E-state index in [1.54, 1.807) is 0 Å². The molecule has 1 aromatic carbocycles. The van der Waals surface area contributed by atoms with Crippen LogP contribution in [0.1, 0.15) is 25.0 Å². The summed E-state index contributed by atoms with van der Waals surface area (Å²) in [6, 6.07) is 2.68. The first kappa shape index (κ1) is 15.9. The summed E-state index contributed by atoms with van der Waals surface area (Å²) in [5.41, 5.74) is -1.40. The van der Waals surface area contributed by atoms with E-state index in [9.17, 15) is 17.6 Å². The number of ether oxygens (including phenoxy) is 1. The standard InChI is InChI=1S/C13H17F4NO/c1-12(2,8-19-3)18-7-9-4-5-10(14)6-11(9)13(15,16)17/h4-6,18H,7-8H2,1-3H3. The molecule has 0 fully saturated rings. The Hall–Kier alpha value is -1.14. The third kappa shape index (κ3) is 4.80. The van der Waals surface area contributed by atoms with Gasteiger partial charge in [-0.1, -0.05) is 6.07 Å². The Labute approximate surface area is 109 Å². The van der Waals surface area contributed by atoms with Gasteiger partial charge in [0, 0.05) is 19.2 Å². The van der Waals surface area contributed by atoms with Gasteiger partial charge in [0.1, 0.15) is 5.82 Å². The molecule has 2 nitrogen and oxygen atoms in total. The molecule has 108 valence electrons. The predicted octanol–water partition coefficient (Wildman–Crippen LogP) is 3.36. The Morgan fingerprint density at radius 2 is 1.84 bits per heavy atom. The van der Waals surface area contributed by atoms with Crippen LogP contribution in [0.4, 0.5) is 17.6 Å². The van der Waals surface area contributed by atoms with E-state index in [1.807, 2.05) is 13.8 Å². The van der Waals surface area contributed by atoms with E-state index in [2.05, 4.69) is 5.32 Å². The van der Waals surface area contributed by atoms with Crippen LogP contribution in [0.2, 0.25) is 0 Å². The summed E-state index contributed by atoms with van der Waals surface area (Å²) in [4.78, 5) is 0. The molecule has 1 rings (SSSR count). The number of benzene rings is 1. The van der Waals surface area contributed by atoms with Crippen molar-refractivity contribution in [2.45, 2.75) is 32.1 Å². The average molecular weight is 279 g/mol. The fourth-order valence-electron chi connectivity index (χ4n) is 1.71. The lowest BCUT2D eigenvalue weighted by molar-refractivity contribution is -0.138. The molecule has 0 saturated carbocycles. The number of rotatable bonds is 5. The van der Waals surface area contributed by atoms with E-state index in [-0.39, 0.29) is 12.1 Å². The van der Waals surface area contributed by atoms with Crippen molar-refractivity contribution in [1.82, 2.24) is 5.32 Å². The van der Waals surface area contributed by atoms with Crippen molar-refractivity contribution in [3.63, 3.8) is 0 Å². The summed E-state index contributed by atoms with van der Waals surface area (Å²) in [5.74, 6) is -0.896. The lowest BCUT2D eigenvalue weighted by atomic mass is 10.0. The van der Waals surface area contributed by atoms with Crippen molar-refractivity contribution < 1.29 is 22.3 Å². The summed E-state index contributed by atoms with van der Waals surface area (Å²) in [6.45, 7) is 3.97. The van der Waals surface area contributed by atoms with E-state index in [0.29, 0.717) is 12.7 Å². The lowest BCUT2D eigenvalue weighted by Gasteiger charge is -2.26. The van der Waals surface area contributed by atoms with Crippen LogP contribution in [-0.4, -0.2) is 19.3 Å². The number of halogens is 4. The quantitative estimate of drug-likeness (QED) is 0.834. The Morgan fingerprint density at radius 1 is 1.21 bits per heavy atom. The largest absolute Gasteiger partial charge is 0.416 e. The van der Waals surface area contributed by atoms with Gasteiger partial charge in [-0.15, -0.1) is 0 Å². The molecule has 0 amide bonds. The zero-order chi connectivity index (χ0) is 14.7. The minimum atomic E-state index is -4.56. The van der Waals surface area contributed by atoms with Crippen LogP contribution in [0.5, 0.6) is 0 Å². The van der Waals surface area contributed by atoms with E-state index >= 15 is 0 Å². The Morgan fingerprint density at radius 3 is 2.37 bits per heavy atom. The molecule has 1 aromatic rings. The van der Waals surface area contributed by atoms with Gasteiger partial charge in [0.05, 0.1) is 12.2 Å². The molecular weight excluding hydrogens is 262 g/mol. The molecule has 0 aliphatic rings. The molecule has 0 saturated heterocycles. The van der Waals surface area contributed by atoms with Crippen LogP contribution in [0.15, 0.2) is 18.2 Å². The lowest BCUT2D eigenvalue weighted by Crippen LogP contribution is -2.43. The van der Waals surface area contributed by atoms with Gasteiger partial charge < -0.3 is 10.1 Å². The summed E-state index contributed by atoms with van der Waals surface area (Å²) >= 11 is 0. The third-order valence-electron chi connectivity index (χ3n) is 2.64. The summed E-state index contributed by atoms with van der Waals surface area (Å²) in [5, 5.41) is 2.96. The van der Waals surface area contributed by atoms with Crippen LogP contribution in [0, 0.1) is 5.82 Å². The monoisotopic (exact) mass is 279 g/mol. The van der Waals surface area contributed by atoms with Gasteiger partial charge in [-0.2, -0.15) is 13.2 Å². The first-order chi connectivity index (χ1) is 8.65. The highest BCUT2D eigenvalue weighted by molar-refractivity contribution is 5.30. The first-order valence-electron chi connectivity index (χ1n) is 5.75. The molecule has 19 heavy (non-hydrogen) atoms. The highest BCUT2D eigenvalue weighted by Crippen LogP contribution is 2.32. The van der Waals surface area contributed by atoms with Gasteiger partial charge in [0.2, 0.25) is 0 Å². The predicted molar refractivity (Wildman–Crippen MR) is 64.2 cm³/mol. The van der Waals surface area contributed by atoms with E-state index < -0.39 is 23.1 Å². The molecule has 0 radical (unpaired) electrons. The number of nitrogens with one attached hydrogen (secondary N) is 1. The van der Waals surface area contributed by atoms with Crippen molar-refractivity contribution >= 4 is 0 Å². The highest BCUT2D eigenvalue weighted by atomic mass is 19.4. The minimum absolute atomic E-state index is 0.00845. The molecule has 0 unspecified atom stereocenters. The molecule has 0 spiro atoms. The number of methoxy groups -OCH3 is 1. The molecule has 6 heteroatoms. The molecule has 0 atom stereocenters. The van der Waals surface area contributed by atoms with Crippen molar-refractivity contribution in [2.75, 3.05) is 13.7 Å². The van der Waals surface area contributed by atoms with Gasteiger partial charge in [-0.05, 0) is 31.5 Å². The van der Waals surface area contributed by atoms with E-state index in [4.69, 9.17) is 4.74 Å². The molecule has 0 heterocycles. The highest BCUT2D eigenvalue weighted by Gasteiger charge is 2.34. The third-order valence-corrected chi connectivity index (χ3v) is 2.64.